The molecule has 0 heterocycles. The SMILES string of the molecule is CC(C)(NC(=O)O)c1ccc(Nc2ccccc2N)cc1. The van der Waals surface area contributed by atoms with Gasteiger partial charge in [0.05, 0.1) is 16.9 Å². The smallest absolute Gasteiger partial charge is 0.405 e. The third-order valence-electron chi connectivity index (χ3n) is 3.27. The Morgan fingerprint density at radius 1 is 1.10 bits per heavy atom. The van der Waals surface area contributed by atoms with Gasteiger partial charge in [-0.3, -0.25) is 0 Å². The van der Waals surface area contributed by atoms with Crippen LogP contribution in [-0.4, -0.2) is 11.2 Å². The molecule has 2 aromatic rings. The van der Waals surface area contributed by atoms with E-state index in [1.54, 1.807) is 0 Å². The molecule has 0 aliphatic carbocycles. The van der Waals surface area contributed by atoms with Gasteiger partial charge in [0.1, 0.15) is 0 Å². The van der Waals surface area contributed by atoms with E-state index in [2.05, 4.69) is 10.6 Å². The first-order valence-corrected chi connectivity index (χ1v) is 6.62. The summed E-state index contributed by atoms with van der Waals surface area (Å²) >= 11 is 0. The summed E-state index contributed by atoms with van der Waals surface area (Å²) in [6, 6.07) is 15.1. The van der Waals surface area contributed by atoms with Gasteiger partial charge < -0.3 is 21.5 Å². The molecular formula is C16H19N3O2. The van der Waals surface area contributed by atoms with Crippen LogP contribution in [0.1, 0.15) is 19.4 Å². The van der Waals surface area contributed by atoms with Crippen LogP contribution in [0.3, 0.4) is 0 Å². The van der Waals surface area contributed by atoms with Crippen molar-refractivity contribution < 1.29 is 9.90 Å². The molecule has 21 heavy (non-hydrogen) atoms. The number of nitrogens with two attached hydrogens (primary N) is 1. The lowest BCUT2D eigenvalue weighted by Gasteiger charge is -2.25. The van der Waals surface area contributed by atoms with E-state index in [4.69, 9.17) is 10.8 Å². The molecule has 1 amide bonds. The summed E-state index contributed by atoms with van der Waals surface area (Å²) in [6.07, 6.45) is -1.04. The van der Waals surface area contributed by atoms with Crippen LogP contribution in [0.4, 0.5) is 21.9 Å². The maximum absolute atomic E-state index is 10.8. The van der Waals surface area contributed by atoms with Gasteiger partial charge in [-0.1, -0.05) is 24.3 Å². The molecule has 0 aliphatic rings. The second-order valence-electron chi connectivity index (χ2n) is 5.34. The standard InChI is InChI=1S/C16H19N3O2/c1-16(2,19-15(20)21)11-7-9-12(10-8-11)18-14-6-4-3-5-13(14)17/h3-10,18-19H,17H2,1-2H3,(H,20,21). The van der Waals surface area contributed by atoms with Crippen LogP contribution in [0.15, 0.2) is 48.5 Å². The van der Waals surface area contributed by atoms with Crippen LogP contribution in [0, 0.1) is 0 Å². The molecule has 110 valence electrons. The number of nitrogen functional groups attached to an aromatic ring is 1. The first-order chi connectivity index (χ1) is 9.88. The third-order valence-corrected chi connectivity index (χ3v) is 3.27. The predicted molar refractivity (Wildman–Crippen MR) is 84.8 cm³/mol. The lowest BCUT2D eigenvalue weighted by molar-refractivity contribution is 0.182. The molecule has 5 N–H and O–H groups in total. The van der Waals surface area contributed by atoms with E-state index >= 15 is 0 Å². The largest absolute Gasteiger partial charge is 0.465 e. The molecule has 2 rings (SSSR count). The van der Waals surface area contributed by atoms with E-state index in [1.807, 2.05) is 62.4 Å². The number of carboxylic acid groups (broad SMARTS) is 1. The second kappa shape index (κ2) is 5.75. The van der Waals surface area contributed by atoms with Gasteiger partial charge in [-0.05, 0) is 43.7 Å². The Morgan fingerprint density at radius 2 is 1.71 bits per heavy atom. The van der Waals surface area contributed by atoms with E-state index in [9.17, 15) is 4.79 Å². The highest BCUT2D eigenvalue weighted by molar-refractivity contribution is 5.72. The minimum absolute atomic E-state index is 0.643. The zero-order valence-electron chi connectivity index (χ0n) is 12.1. The number of hydrogen-bond donors (Lipinski definition) is 4. The summed E-state index contributed by atoms with van der Waals surface area (Å²) in [7, 11) is 0. The molecule has 0 saturated carbocycles. The number of nitrogens with one attached hydrogen (secondary N) is 2. The van der Waals surface area contributed by atoms with Gasteiger partial charge in [-0.2, -0.15) is 0 Å². The van der Waals surface area contributed by atoms with Crippen molar-refractivity contribution in [1.29, 1.82) is 0 Å². The molecule has 5 heteroatoms. The monoisotopic (exact) mass is 285 g/mol. The van der Waals surface area contributed by atoms with Crippen molar-refractivity contribution in [3.05, 3.63) is 54.1 Å². The lowest BCUT2D eigenvalue weighted by atomic mass is 9.94. The van der Waals surface area contributed by atoms with E-state index in [1.165, 1.54) is 0 Å². The molecule has 0 saturated heterocycles. The molecule has 2 aromatic carbocycles. The molecule has 0 aliphatic heterocycles. The Bertz CT molecular complexity index is 636. The van der Waals surface area contributed by atoms with Gasteiger partial charge >= 0.3 is 6.09 Å². The van der Waals surface area contributed by atoms with Crippen molar-refractivity contribution in [1.82, 2.24) is 5.32 Å². The fourth-order valence-corrected chi connectivity index (χ4v) is 2.08. The summed E-state index contributed by atoms with van der Waals surface area (Å²) < 4.78 is 0. The zero-order valence-corrected chi connectivity index (χ0v) is 12.1. The zero-order chi connectivity index (χ0) is 15.5. The molecule has 0 atom stereocenters. The van der Waals surface area contributed by atoms with Crippen LogP contribution >= 0.6 is 0 Å². The van der Waals surface area contributed by atoms with Gasteiger partial charge in [0, 0.05) is 5.69 Å². The highest BCUT2D eigenvalue weighted by Gasteiger charge is 2.22. The Balaban J connectivity index is 2.16. The van der Waals surface area contributed by atoms with Crippen molar-refractivity contribution in [2.24, 2.45) is 0 Å². The maximum atomic E-state index is 10.8. The molecule has 0 fully saturated rings. The topological polar surface area (TPSA) is 87.4 Å². The van der Waals surface area contributed by atoms with Gasteiger partial charge in [0.2, 0.25) is 0 Å². The number of benzene rings is 2. The minimum atomic E-state index is -1.04. The van der Waals surface area contributed by atoms with Crippen molar-refractivity contribution in [3.63, 3.8) is 0 Å². The normalized spacial score (nSPS) is 11.0. The van der Waals surface area contributed by atoms with Crippen molar-refractivity contribution in [2.45, 2.75) is 19.4 Å². The molecule has 0 bridgehead atoms. The van der Waals surface area contributed by atoms with Gasteiger partial charge in [-0.15, -0.1) is 0 Å². The highest BCUT2D eigenvalue weighted by atomic mass is 16.4. The van der Waals surface area contributed by atoms with Crippen molar-refractivity contribution in [2.75, 3.05) is 11.1 Å². The fraction of sp³-hybridized carbons (Fsp3) is 0.188. The maximum Gasteiger partial charge on any atom is 0.405 e. The Morgan fingerprint density at radius 3 is 2.29 bits per heavy atom. The van der Waals surface area contributed by atoms with Gasteiger partial charge in [0.15, 0.2) is 0 Å². The van der Waals surface area contributed by atoms with Crippen LogP contribution in [0.25, 0.3) is 0 Å². The predicted octanol–water partition coefficient (Wildman–Crippen LogP) is 3.52. The third kappa shape index (κ3) is 3.66. The van der Waals surface area contributed by atoms with E-state index < -0.39 is 11.6 Å². The number of carbonyl (C=O) groups is 1. The Labute approximate surface area is 123 Å². The number of amides is 1. The summed E-state index contributed by atoms with van der Waals surface area (Å²) in [5.41, 5.74) is 8.54. The van der Waals surface area contributed by atoms with Crippen molar-refractivity contribution >= 4 is 23.2 Å². The summed E-state index contributed by atoms with van der Waals surface area (Å²) in [5, 5.41) is 14.6. The van der Waals surface area contributed by atoms with E-state index in [-0.39, 0.29) is 0 Å². The van der Waals surface area contributed by atoms with Crippen LogP contribution < -0.4 is 16.4 Å². The first kappa shape index (κ1) is 14.7. The summed E-state index contributed by atoms with van der Waals surface area (Å²) in [6.45, 7) is 3.64. The van der Waals surface area contributed by atoms with Gasteiger partial charge in [-0.25, -0.2) is 4.79 Å². The average Bonchev–Trinajstić information content (AvgIpc) is 2.40. The Kier molecular flexibility index (Phi) is 4.03. The minimum Gasteiger partial charge on any atom is -0.465 e. The lowest BCUT2D eigenvalue weighted by Crippen LogP contribution is -2.39. The quantitative estimate of drug-likeness (QED) is 0.647. The van der Waals surface area contributed by atoms with Crippen LogP contribution in [0.5, 0.6) is 0 Å². The van der Waals surface area contributed by atoms with Gasteiger partial charge in [0.25, 0.3) is 0 Å². The number of rotatable bonds is 4. The van der Waals surface area contributed by atoms with Crippen LogP contribution in [0.2, 0.25) is 0 Å². The summed E-state index contributed by atoms with van der Waals surface area (Å²) in [4.78, 5) is 10.8. The number of hydrogen-bond acceptors (Lipinski definition) is 3. The summed E-state index contributed by atoms with van der Waals surface area (Å²) in [5.74, 6) is 0. The molecule has 0 spiro atoms. The molecule has 0 unspecified atom stereocenters. The number of anilines is 3. The highest BCUT2D eigenvalue weighted by Crippen LogP contribution is 2.25. The van der Waals surface area contributed by atoms with Crippen molar-refractivity contribution in [3.8, 4) is 0 Å². The van der Waals surface area contributed by atoms with Crippen LogP contribution in [-0.2, 0) is 5.54 Å². The van der Waals surface area contributed by atoms with E-state index in [0.717, 1.165) is 16.9 Å². The fourth-order valence-electron chi connectivity index (χ4n) is 2.08. The second-order valence-corrected chi connectivity index (χ2v) is 5.34. The molecular weight excluding hydrogens is 266 g/mol. The molecule has 0 aromatic heterocycles. The average molecular weight is 285 g/mol. The molecule has 0 radical (unpaired) electrons. The first-order valence-electron chi connectivity index (χ1n) is 6.62. The van der Waals surface area contributed by atoms with E-state index in [0.29, 0.717) is 5.69 Å². The molecule has 5 nitrogen and oxygen atoms in total. The Hall–Kier alpha value is -2.69. The number of para-hydroxylation sites is 2.